The van der Waals surface area contributed by atoms with Gasteiger partial charge in [-0.3, -0.25) is 0 Å². The molecule has 1 nitrogen and oxygen atoms in total. The summed E-state index contributed by atoms with van der Waals surface area (Å²) in [6.07, 6.45) is 0.655. The van der Waals surface area contributed by atoms with Crippen LogP contribution in [0.4, 0.5) is 4.39 Å². The molecule has 1 atom stereocenters. The summed E-state index contributed by atoms with van der Waals surface area (Å²) in [4.78, 5) is 0. The number of hydrogen-bond acceptors (Lipinski definition) is 1. The predicted octanol–water partition coefficient (Wildman–Crippen LogP) is 5.40. The van der Waals surface area contributed by atoms with Gasteiger partial charge in [0, 0.05) is 20.6 Å². The van der Waals surface area contributed by atoms with E-state index < -0.39 is 0 Å². The van der Waals surface area contributed by atoms with E-state index >= 15 is 0 Å². The smallest absolute Gasteiger partial charge is 0.124 e. The molecule has 0 bridgehead atoms. The third kappa shape index (κ3) is 3.95. The van der Waals surface area contributed by atoms with Crippen LogP contribution in [-0.4, -0.2) is 7.05 Å². The van der Waals surface area contributed by atoms with Crippen LogP contribution in [0.5, 0.6) is 0 Å². The number of benzene rings is 2. The van der Waals surface area contributed by atoms with E-state index in [1.54, 1.807) is 6.07 Å². The monoisotopic (exact) mass is 375 g/mol. The van der Waals surface area contributed by atoms with Crippen molar-refractivity contribution in [1.29, 1.82) is 0 Å². The molecule has 0 heterocycles. The van der Waals surface area contributed by atoms with Gasteiger partial charge in [-0.1, -0.05) is 45.2 Å². The number of likely N-dealkylation sites (N-methyl/N-ethyl adjacent to an activating group) is 1. The van der Waals surface area contributed by atoms with Crippen LogP contribution in [0, 0.1) is 5.82 Å². The van der Waals surface area contributed by atoms with Crippen LogP contribution in [0.3, 0.4) is 0 Å². The minimum atomic E-state index is -0.328. The number of rotatable bonds is 4. The zero-order valence-corrected chi connectivity index (χ0v) is 13.9. The number of halogens is 4. The van der Waals surface area contributed by atoms with Gasteiger partial charge >= 0.3 is 0 Å². The van der Waals surface area contributed by atoms with Crippen molar-refractivity contribution < 1.29 is 4.39 Å². The van der Waals surface area contributed by atoms with Crippen LogP contribution in [-0.2, 0) is 6.42 Å². The Kier molecular flexibility index (Phi) is 5.44. The molecule has 106 valence electrons. The van der Waals surface area contributed by atoms with Gasteiger partial charge in [0.05, 0.1) is 0 Å². The fourth-order valence-corrected chi connectivity index (χ4v) is 3.20. The Labute approximate surface area is 136 Å². The highest BCUT2D eigenvalue weighted by molar-refractivity contribution is 9.10. The van der Waals surface area contributed by atoms with E-state index in [1.807, 2.05) is 25.2 Å². The van der Waals surface area contributed by atoms with E-state index in [1.165, 1.54) is 12.1 Å². The Morgan fingerprint density at radius 2 is 1.95 bits per heavy atom. The van der Waals surface area contributed by atoms with Gasteiger partial charge in [-0.25, -0.2) is 4.39 Å². The maximum Gasteiger partial charge on any atom is 0.124 e. The van der Waals surface area contributed by atoms with Crippen molar-refractivity contribution in [1.82, 2.24) is 5.32 Å². The molecule has 0 aliphatic heterocycles. The molecule has 0 amide bonds. The first kappa shape index (κ1) is 15.8. The van der Waals surface area contributed by atoms with Gasteiger partial charge in [-0.05, 0) is 54.9 Å². The molecule has 0 aliphatic rings. The van der Waals surface area contributed by atoms with Gasteiger partial charge in [0.1, 0.15) is 5.82 Å². The molecule has 2 rings (SSSR count). The van der Waals surface area contributed by atoms with E-state index in [4.69, 9.17) is 23.2 Å². The lowest BCUT2D eigenvalue weighted by molar-refractivity contribution is 0.589. The molecule has 0 radical (unpaired) electrons. The molecular weight excluding hydrogens is 364 g/mol. The normalized spacial score (nSPS) is 12.4. The Bertz CT molecular complexity index is 599. The first-order chi connectivity index (χ1) is 9.49. The van der Waals surface area contributed by atoms with Crippen LogP contribution in [0.25, 0.3) is 0 Å². The molecule has 0 spiro atoms. The SMILES string of the molecule is CNC(Cc1ccc(F)cc1Cl)c1cc(Cl)cc(Br)c1. The van der Waals surface area contributed by atoms with Gasteiger partial charge in [0.25, 0.3) is 0 Å². The van der Waals surface area contributed by atoms with E-state index in [-0.39, 0.29) is 11.9 Å². The second-order valence-corrected chi connectivity index (χ2v) is 6.24. The van der Waals surface area contributed by atoms with Crippen LogP contribution < -0.4 is 5.32 Å². The molecule has 0 saturated heterocycles. The van der Waals surface area contributed by atoms with Gasteiger partial charge in [-0.15, -0.1) is 0 Å². The highest BCUT2D eigenvalue weighted by atomic mass is 79.9. The van der Waals surface area contributed by atoms with Crippen molar-refractivity contribution in [3.05, 3.63) is 67.9 Å². The summed E-state index contributed by atoms with van der Waals surface area (Å²) in [6.45, 7) is 0. The predicted molar refractivity (Wildman–Crippen MR) is 86.1 cm³/mol. The van der Waals surface area contributed by atoms with Crippen molar-refractivity contribution >= 4 is 39.1 Å². The first-order valence-corrected chi connectivity index (χ1v) is 7.61. The summed E-state index contributed by atoms with van der Waals surface area (Å²) in [5.74, 6) is -0.328. The molecule has 0 fully saturated rings. The average molecular weight is 377 g/mol. The Morgan fingerprint density at radius 3 is 2.55 bits per heavy atom. The summed E-state index contributed by atoms with van der Waals surface area (Å²) < 4.78 is 14.0. The average Bonchev–Trinajstić information content (AvgIpc) is 2.36. The Morgan fingerprint density at radius 1 is 1.20 bits per heavy atom. The summed E-state index contributed by atoms with van der Waals surface area (Å²) in [7, 11) is 1.87. The maximum atomic E-state index is 13.1. The minimum absolute atomic E-state index is 0.0490. The maximum absolute atomic E-state index is 13.1. The second-order valence-electron chi connectivity index (χ2n) is 4.48. The summed E-state index contributed by atoms with van der Waals surface area (Å²) in [6, 6.07) is 10.3. The van der Waals surface area contributed by atoms with E-state index in [9.17, 15) is 4.39 Å². The van der Waals surface area contributed by atoms with Crippen molar-refractivity contribution in [3.8, 4) is 0 Å². The molecule has 0 aromatic heterocycles. The van der Waals surface area contributed by atoms with Crippen LogP contribution in [0.15, 0.2) is 40.9 Å². The third-order valence-corrected chi connectivity index (χ3v) is 4.10. The van der Waals surface area contributed by atoms with Crippen LogP contribution in [0.1, 0.15) is 17.2 Å². The van der Waals surface area contributed by atoms with Gasteiger partial charge in [-0.2, -0.15) is 0 Å². The molecule has 1 N–H and O–H groups in total. The van der Waals surface area contributed by atoms with Gasteiger partial charge in [0.2, 0.25) is 0 Å². The van der Waals surface area contributed by atoms with E-state index in [2.05, 4.69) is 21.2 Å². The number of hydrogen-bond donors (Lipinski definition) is 1. The molecular formula is C15H13BrCl2FN. The largest absolute Gasteiger partial charge is 0.313 e. The molecule has 0 aliphatic carbocycles. The van der Waals surface area contributed by atoms with Crippen LogP contribution in [0.2, 0.25) is 10.0 Å². The number of nitrogens with one attached hydrogen (secondary N) is 1. The third-order valence-electron chi connectivity index (χ3n) is 3.07. The van der Waals surface area contributed by atoms with Gasteiger partial charge < -0.3 is 5.32 Å². The zero-order chi connectivity index (χ0) is 14.7. The Hall–Kier alpha value is -0.610. The highest BCUT2D eigenvalue weighted by Gasteiger charge is 2.14. The first-order valence-electron chi connectivity index (χ1n) is 6.07. The lowest BCUT2D eigenvalue weighted by atomic mass is 9.99. The van der Waals surface area contributed by atoms with Crippen molar-refractivity contribution in [3.63, 3.8) is 0 Å². The quantitative estimate of drug-likeness (QED) is 0.753. The minimum Gasteiger partial charge on any atom is -0.313 e. The molecule has 5 heteroatoms. The van der Waals surface area contributed by atoms with Gasteiger partial charge in [0.15, 0.2) is 0 Å². The summed E-state index contributed by atoms with van der Waals surface area (Å²) >= 11 is 15.6. The molecule has 2 aromatic rings. The lowest BCUT2D eigenvalue weighted by Crippen LogP contribution is -2.19. The fourth-order valence-electron chi connectivity index (χ4n) is 2.07. The lowest BCUT2D eigenvalue weighted by Gasteiger charge is -2.18. The molecule has 2 aromatic carbocycles. The molecule has 1 unspecified atom stereocenters. The molecule has 20 heavy (non-hydrogen) atoms. The summed E-state index contributed by atoms with van der Waals surface area (Å²) in [5, 5.41) is 4.33. The zero-order valence-electron chi connectivity index (χ0n) is 10.8. The second kappa shape index (κ2) is 6.90. The van der Waals surface area contributed by atoms with E-state index in [0.29, 0.717) is 16.5 Å². The molecule has 0 saturated carbocycles. The van der Waals surface area contributed by atoms with E-state index in [0.717, 1.165) is 15.6 Å². The van der Waals surface area contributed by atoms with Crippen molar-refractivity contribution in [2.24, 2.45) is 0 Å². The standard InChI is InChI=1S/C15H13BrCl2FN/c1-20-15(10-4-11(16)7-12(17)5-10)6-9-2-3-13(19)8-14(9)18/h2-5,7-8,15,20H,6H2,1H3. The fraction of sp³-hybridized carbons (Fsp3) is 0.200. The summed E-state index contributed by atoms with van der Waals surface area (Å²) in [5.41, 5.74) is 1.94. The Balaban J connectivity index is 2.28. The van der Waals surface area contributed by atoms with Crippen molar-refractivity contribution in [2.45, 2.75) is 12.5 Å². The van der Waals surface area contributed by atoms with Crippen molar-refractivity contribution in [2.75, 3.05) is 7.05 Å². The highest BCUT2D eigenvalue weighted by Crippen LogP contribution is 2.28. The van der Waals surface area contributed by atoms with Crippen LogP contribution >= 0.6 is 39.1 Å². The topological polar surface area (TPSA) is 12.0 Å².